The van der Waals surface area contributed by atoms with Crippen LogP contribution < -0.4 is 5.32 Å². The van der Waals surface area contributed by atoms with Gasteiger partial charge in [0, 0.05) is 25.8 Å². The molecule has 7 heteroatoms. The van der Waals surface area contributed by atoms with Gasteiger partial charge in [-0.2, -0.15) is 9.40 Å². The van der Waals surface area contributed by atoms with Crippen LogP contribution in [0.3, 0.4) is 0 Å². The Bertz CT molecular complexity index is 572. The molecule has 1 aliphatic heterocycles. The van der Waals surface area contributed by atoms with Gasteiger partial charge in [0.2, 0.25) is 10.0 Å². The lowest BCUT2D eigenvalue weighted by atomic mass is 10.0. The van der Waals surface area contributed by atoms with E-state index in [0.717, 1.165) is 13.1 Å². The summed E-state index contributed by atoms with van der Waals surface area (Å²) in [4.78, 5) is 0.332. The average Bonchev–Trinajstić information content (AvgIpc) is 3.14. The molecule has 1 N–H and O–H groups in total. The molecule has 2 aliphatic rings. The van der Waals surface area contributed by atoms with Crippen LogP contribution in [0, 0.1) is 11.8 Å². The first-order chi connectivity index (χ1) is 10.1. The Kier molecular flexibility index (Phi) is 4.33. The molecule has 1 aliphatic carbocycles. The van der Waals surface area contributed by atoms with Crippen LogP contribution in [0.1, 0.15) is 26.2 Å². The predicted molar refractivity (Wildman–Crippen MR) is 80.4 cm³/mol. The minimum Gasteiger partial charge on any atom is -0.315 e. The second kappa shape index (κ2) is 6.06. The summed E-state index contributed by atoms with van der Waals surface area (Å²) in [5.41, 5.74) is 0. The van der Waals surface area contributed by atoms with Gasteiger partial charge < -0.3 is 5.32 Å². The maximum Gasteiger partial charge on any atom is 0.246 e. The molecule has 2 heterocycles. The molecule has 1 saturated heterocycles. The molecule has 3 rings (SSSR count). The standard InChI is InChI=1S/C14H24N4O2S/c1-2-15-6-7-17-11-14(8-16-17)21(19,20)18-9-12-4-3-5-13(12)10-18/h8,11-13,15H,2-7,9-10H2,1H3. The van der Waals surface area contributed by atoms with E-state index in [-0.39, 0.29) is 0 Å². The van der Waals surface area contributed by atoms with Crippen molar-refractivity contribution in [3.63, 3.8) is 0 Å². The van der Waals surface area contributed by atoms with Gasteiger partial charge >= 0.3 is 0 Å². The van der Waals surface area contributed by atoms with Crippen LogP contribution in [0.2, 0.25) is 0 Å². The summed E-state index contributed by atoms with van der Waals surface area (Å²) >= 11 is 0. The molecule has 0 amide bonds. The van der Waals surface area contributed by atoms with E-state index < -0.39 is 10.0 Å². The Morgan fingerprint density at radius 3 is 2.71 bits per heavy atom. The van der Waals surface area contributed by atoms with E-state index in [9.17, 15) is 8.42 Å². The van der Waals surface area contributed by atoms with Crippen molar-refractivity contribution >= 4 is 10.0 Å². The van der Waals surface area contributed by atoms with E-state index in [1.807, 2.05) is 6.92 Å². The van der Waals surface area contributed by atoms with E-state index >= 15 is 0 Å². The lowest BCUT2D eigenvalue weighted by Gasteiger charge is -2.15. The van der Waals surface area contributed by atoms with E-state index in [4.69, 9.17) is 0 Å². The highest BCUT2D eigenvalue weighted by molar-refractivity contribution is 7.89. The fourth-order valence-electron chi connectivity index (χ4n) is 3.51. The van der Waals surface area contributed by atoms with Crippen molar-refractivity contribution in [2.24, 2.45) is 11.8 Å². The van der Waals surface area contributed by atoms with Gasteiger partial charge in [-0.1, -0.05) is 13.3 Å². The average molecular weight is 312 g/mol. The van der Waals surface area contributed by atoms with Gasteiger partial charge in [0.05, 0.1) is 12.7 Å². The second-order valence-electron chi connectivity index (χ2n) is 6.07. The third-order valence-electron chi connectivity index (χ3n) is 4.71. The van der Waals surface area contributed by atoms with Crippen molar-refractivity contribution in [1.29, 1.82) is 0 Å². The van der Waals surface area contributed by atoms with Gasteiger partial charge in [0.1, 0.15) is 4.90 Å². The number of sulfonamides is 1. The third kappa shape index (κ3) is 3.00. The molecule has 1 aromatic heterocycles. The Morgan fingerprint density at radius 2 is 2.05 bits per heavy atom. The molecule has 2 fully saturated rings. The SMILES string of the molecule is CCNCCn1cc(S(=O)(=O)N2CC3CCCC3C2)cn1. The van der Waals surface area contributed by atoms with Crippen LogP contribution in [0.25, 0.3) is 0 Å². The van der Waals surface area contributed by atoms with Crippen LogP contribution in [-0.2, 0) is 16.6 Å². The van der Waals surface area contributed by atoms with E-state index in [1.165, 1.54) is 25.5 Å². The Hall–Kier alpha value is -0.920. The van der Waals surface area contributed by atoms with Crippen LogP contribution in [0.15, 0.2) is 17.3 Å². The molecular formula is C14H24N4O2S. The monoisotopic (exact) mass is 312 g/mol. The van der Waals surface area contributed by atoms with Crippen molar-refractivity contribution in [2.75, 3.05) is 26.2 Å². The topological polar surface area (TPSA) is 67.2 Å². The molecule has 0 bridgehead atoms. The van der Waals surface area contributed by atoms with E-state index in [2.05, 4.69) is 10.4 Å². The number of hydrogen-bond donors (Lipinski definition) is 1. The van der Waals surface area contributed by atoms with Gasteiger partial charge in [-0.3, -0.25) is 4.68 Å². The summed E-state index contributed by atoms with van der Waals surface area (Å²) < 4.78 is 28.7. The van der Waals surface area contributed by atoms with Crippen LogP contribution in [0.5, 0.6) is 0 Å². The molecule has 21 heavy (non-hydrogen) atoms. The lowest BCUT2D eigenvalue weighted by molar-refractivity contribution is 0.445. The van der Waals surface area contributed by atoms with Crippen LogP contribution in [-0.4, -0.2) is 48.7 Å². The highest BCUT2D eigenvalue weighted by Crippen LogP contribution is 2.39. The maximum absolute atomic E-state index is 12.7. The lowest BCUT2D eigenvalue weighted by Crippen LogP contribution is -2.29. The number of rotatable bonds is 6. The summed E-state index contributed by atoms with van der Waals surface area (Å²) in [5, 5.41) is 7.37. The smallest absolute Gasteiger partial charge is 0.246 e. The first-order valence-electron chi connectivity index (χ1n) is 7.84. The quantitative estimate of drug-likeness (QED) is 0.793. The zero-order chi connectivity index (χ0) is 14.9. The molecule has 2 unspecified atom stereocenters. The summed E-state index contributed by atoms with van der Waals surface area (Å²) in [6, 6.07) is 0. The van der Waals surface area contributed by atoms with Gasteiger partial charge in [-0.25, -0.2) is 8.42 Å². The normalized spacial score (nSPS) is 26.3. The summed E-state index contributed by atoms with van der Waals surface area (Å²) in [6.45, 7) is 5.82. The Balaban J connectivity index is 1.67. The summed E-state index contributed by atoms with van der Waals surface area (Å²) in [6.07, 6.45) is 6.75. The third-order valence-corrected chi connectivity index (χ3v) is 6.49. The Labute approximate surface area is 126 Å². The number of nitrogens with one attached hydrogen (secondary N) is 1. The van der Waals surface area contributed by atoms with Crippen molar-refractivity contribution in [3.05, 3.63) is 12.4 Å². The highest BCUT2D eigenvalue weighted by Gasteiger charge is 2.41. The molecule has 1 saturated carbocycles. The number of aromatic nitrogens is 2. The van der Waals surface area contributed by atoms with Gasteiger partial charge in [0.15, 0.2) is 0 Å². The molecule has 6 nitrogen and oxygen atoms in total. The van der Waals surface area contributed by atoms with Crippen molar-refractivity contribution in [3.8, 4) is 0 Å². The number of nitrogens with zero attached hydrogens (tertiary/aromatic N) is 3. The van der Waals surface area contributed by atoms with Crippen LogP contribution in [0.4, 0.5) is 0 Å². The minimum atomic E-state index is -3.36. The maximum atomic E-state index is 12.7. The van der Waals surface area contributed by atoms with E-state index in [0.29, 0.717) is 36.4 Å². The Morgan fingerprint density at radius 1 is 1.33 bits per heavy atom. The second-order valence-corrected chi connectivity index (χ2v) is 8.00. The van der Waals surface area contributed by atoms with Crippen LogP contribution >= 0.6 is 0 Å². The highest BCUT2D eigenvalue weighted by atomic mass is 32.2. The van der Waals surface area contributed by atoms with Crippen molar-refractivity contribution < 1.29 is 8.42 Å². The fourth-order valence-corrected chi connectivity index (χ4v) is 5.02. The first-order valence-corrected chi connectivity index (χ1v) is 9.28. The van der Waals surface area contributed by atoms with Crippen molar-refractivity contribution in [1.82, 2.24) is 19.4 Å². The number of likely N-dealkylation sites (N-methyl/N-ethyl adjacent to an activating group) is 1. The van der Waals surface area contributed by atoms with Gasteiger partial charge in [-0.05, 0) is 31.2 Å². The molecule has 118 valence electrons. The molecule has 0 spiro atoms. The molecule has 1 aromatic rings. The number of fused-ring (bicyclic) bond motifs is 1. The molecule has 0 radical (unpaired) electrons. The van der Waals surface area contributed by atoms with E-state index in [1.54, 1.807) is 15.2 Å². The van der Waals surface area contributed by atoms with Gasteiger partial charge in [-0.15, -0.1) is 0 Å². The molecule has 2 atom stereocenters. The predicted octanol–water partition coefficient (Wildman–Crippen LogP) is 0.913. The largest absolute Gasteiger partial charge is 0.315 e. The van der Waals surface area contributed by atoms with Gasteiger partial charge in [0.25, 0.3) is 0 Å². The fraction of sp³-hybridized carbons (Fsp3) is 0.786. The molecular weight excluding hydrogens is 288 g/mol. The number of hydrogen-bond acceptors (Lipinski definition) is 4. The molecule has 0 aromatic carbocycles. The summed E-state index contributed by atoms with van der Waals surface area (Å²) in [7, 11) is -3.36. The minimum absolute atomic E-state index is 0.332. The van der Waals surface area contributed by atoms with Crippen molar-refractivity contribution in [2.45, 2.75) is 37.6 Å². The summed E-state index contributed by atoms with van der Waals surface area (Å²) in [5.74, 6) is 1.15. The zero-order valence-corrected chi connectivity index (χ0v) is 13.3. The zero-order valence-electron chi connectivity index (χ0n) is 12.5. The first kappa shape index (κ1) is 15.0.